The van der Waals surface area contributed by atoms with Gasteiger partial charge in [0.2, 0.25) is 5.82 Å². The summed E-state index contributed by atoms with van der Waals surface area (Å²) in [6.07, 6.45) is 0. The van der Waals surface area contributed by atoms with Crippen molar-refractivity contribution < 1.29 is 9.18 Å². The number of benzene rings is 1. The average molecular weight is 413 g/mol. The maximum Gasteiger partial charge on any atom is 0.293 e. The van der Waals surface area contributed by atoms with Crippen LogP contribution in [0.25, 0.3) is 16.4 Å². The van der Waals surface area contributed by atoms with Crippen molar-refractivity contribution in [3.63, 3.8) is 0 Å². The first-order chi connectivity index (χ1) is 13.7. The third-order valence-electron chi connectivity index (χ3n) is 4.21. The standard InChI is InChI=1S/C20H17FN4OS2/c1-2-24(13-16-5-3-11-27-16)20(26)18-22-19(17-6-4-12-28-17)25(23-18)15-9-7-14(21)8-10-15/h3-12H,2,13H2,1H3. The molecule has 0 aliphatic heterocycles. The molecule has 8 heteroatoms. The van der Waals surface area contributed by atoms with Gasteiger partial charge in [0.05, 0.1) is 17.1 Å². The van der Waals surface area contributed by atoms with Crippen LogP contribution in [0.3, 0.4) is 0 Å². The van der Waals surface area contributed by atoms with Gasteiger partial charge in [-0.15, -0.1) is 27.8 Å². The molecule has 0 saturated heterocycles. The fourth-order valence-corrected chi connectivity index (χ4v) is 4.21. The third kappa shape index (κ3) is 3.74. The van der Waals surface area contributed by atoms with Crippen molar-refractivity contribution in [3.05, 3.63) is 75.8 Å². The zero-order chi connectivity index (χ0) is 19.5. The first-order valence-corrected chi connectivity index (χ1v) is 10.5. The van der Waals surface area contributed by atoms with Crippen LogP contribution in [0.1, 0.15) is 22.4 Å². The van der Waals surface area contributed by atoms with Crippen LogP contribution in [-0.4, -0.2) is 32.1 Å². The number of hydrogen-bond donors (Lipinski definition) is 0. The molecule has 0 unspecified atom stereocenters. The number of halogens is 1. The van der Waals surface area contributed by atoms with E-state index in [4.69, 9.17) is 0 Å². The lowest BCUT2D eigenvalue weighted by atomic mass is 10.3. The van der Waals surface area contributed by atoms with E-state index in [0.29, 0.717) is 24.6 Å². The van der Waals surface area contributed by atoms with E-state index >= 15 is 0 Å². The summed E-state index contributed by atoms with van der Waals surface area (Å²) < 4.78 is 14.9. The van der Waals surface area contributed by atoms with Gasteiger partial charge in [0.1, 0.15) is 5.82 Å². The van der Waals surface area contributed by atoms with Gasteiger partial charge < -0.3 is 4.90 Å². The fraction of sp³-hybridized carbons (Fsp3) is 0.150. The Kier molecular flexibility index (Phi) is 5.31. The first-order valence-electron chi connectivity index (χ1n) is 8.74. The summed E-state index contributed by atoms with van der Waals surface area (Å²) in [6.45, 7) is 3.01. The second-order valence-corrected chi connectivity index (χ2v) is 8.00. The average Bonchev–Trinajstić information content (AvgIpc) is 3.47. The van der Waals surface area contributed by atoms with Crippen LogP contribution in [0, 0.1) is 5.82 Å². The minimum absolute atomic E-state index is 0.131. The lowest BCUT2D eigenvalue weighted by Gasteiger charge is -2.18. The Morgan fingerprint density at radius 1 is 1.11 bits per heavy atom. The van der Waals surface area contributed by atoms with E-state index in [2.05, 4.69) is 10.1 Å². The molecule has 1 aromatic carbocycles. The molecule has 0 N–H and O–H groups in total. The second kappa shape index (κ2) is 8.04. The molecule has 0 aliphatic carbocycles. The lowest BCUT2D eigenvalue weighted by molar-refractivity contribution is 0.0742. The molecular formula is C20H17FN4OS2. The predicted octanol–water partition coefficient (Wildman–Crippen LogP) is 4.86. The summed E-state index contributed by atoms with van der Waals surface area (Å²) in [5.41, 5.74) is 0.651. The van der Waals surface area contributed by atoms with E-state index in [9.17, 15) is 9.18 Å². The molecule has 142 valence electrons. The van der Waals surface area contributed by atoms with Crippen molar-refractivity contribution in [3.8, 4) is 16.4 Å². The summed E-state index contributed by atoms with van der Waals surface area (Å²) in [7, 11) is 0. The number of aromatic nitrogens is 3. The zero-order valence-electron chi connectivity index (χ0n) is 15.1. The highest BCUT2D eigenvalue weighted by Crippen LogP contribution is 2.26. The molecule has 0 spiro atoms. The molecule has 0 fully saturated rings. The van der Waals surface area contributed by atoms with Crippen LogP contribution in [0.5, 0.6) is 0 Å². The fourth-order valence-electron chi connectivity index (χ4n) is 2.79. The minimum atomic E-state index is -0.328. The van der Waals surface area contributed by atoms with Gasteiger partial charge in [-0.05, 0) is 54.1 Å². The largest absolute Gasteiger partial charge is 0.331 e. The Bertz CT molecular complexity index is 1060. The van der Waals surface area contributed by atoms with Gasteiger partial charge in [-0.3, -0.25) is 4.79 Å². The Balaban J connectivity index is 1.72. The third-order valence-corrected chi connectivity index (χ3v) is 5.93. The molecule has 28 heavy (non-hydrogen) atoms. The van der Waals surface area contributed by atoms with Gasteiger partial charge in [0.15, 0.2) is 5.82 Å². The van der Waals surface area contributed by atoms with Crippen molar-refractivity contribution in [1.82, 2.24) is 19.7 Å². The maximum atomic E-state index is 13.3. The number of carbonyl (C=O) groups is 1. The summed E-state index contributed by atoms with van der Waals surface area (Å²) in [5.74, 6) is 0.142. The van der Waals surface area contributed by atoms with Crippen molar-refractivity contribution in [2.75, 3.05) is 6.54 Å². The van der Waals surface area contributed by atoms with Gasteiger partial charge in [0, 0.05) is 11.4 Å². The predicted molar refractivity (Wildman–Crippen MR) is 109 cm³/mol. The molecular weight excluding hydrogens is 395 g/mol. The molecule has 3 heterocycles. The van der Waals surface area contributed by atoms with Crippen LogP contribution < -0.4 is 0 Å². The van der Waals surface area contributed by atoms with Crippen LogP contribution in [0.15, 0.2) is 59.3 Å². The van der Waals surface area contributed by atoms with Crippen molar-refractivity contribution in [1.29, 1.82) is 0 Å². The molecule has 0 atom stereocenters. The molecule has 0 bridgehead atoms. The monoisotopic (exact) mass is 412 g/mol. The van der Waals surface area contributed by atoms with Crippen LogP contribution >= 0.6 is 22.7 Å². The maximum absolute atomic E-state index is 13.3. The molecule has 0 radical (unpaired) electrons. The van der Waals surface area contributed by atoms with Crippen LogP contribution in [0.2, 0.25) is 0 Å². The number of nitrogens with zero attached hydrogens (tertiary/aromatic N) is 4. The molecule has 3 aromatic heterocycles. The molecule has 0 aliphatic rings. The Labute approximate surface area is 169 Å². The van der Waals surface area contributed by atoms with Gasteiger partial charge in [-0.25, -0.2) is 14.1 Å². The summed E-state index contributed by atoms with van der Waals surface area (Å²) in [6, 6.07) is 13.8. The normalized spacial score (nSPS) is 10.9. The highest BCUT2D eigenvalue weighted by Gasteiger charge is 2.23. The van der Waals surface area contributed by atoms with Crippen LogP contribution in [0.4, 0.5) is 4.39 Å². The van der Waals surface area contributed by atoms with Crippen molar-refractivity contribution >= 4 is 28.6 Å². The topological polar surface area (TPSA) is 51.0 Å². The number of hydrogen-bond acceptors (Lipinski definition) is 5. The highest BCUT2D eigenvalue weighted by molar-refractivity contribution is 7.13. The lowest BCUT2D eigenvalue weighted by Crippen LogP contribution is -2.31. The summed E-state index contributed by atoms with van der Waals surface area (Å²) in [5, 5.41) is 8.40. The minimum Gasteiger partial charge on any atom is -0.331 e. The zero-order valence-corrected chi connectivity index (χ0v) is 16.7. The van der Waals surface area contributed by atoms with Crippen molar-refractivity contribution in [2.24, 2.45) is 0 Å². The Hall–Kier alpha value is -2.84. The van der Waals surface area contributed by atoms with Gasteiger partial charge in [0.25, 0.3) is 5.91 Å². The highest BCUT2D eigenvalue weighted by atomic mass is 32.1. The van der Waals surface area contributed by atoms with Crippen LogP contribution in [-0.2, 0) is 6.54 Å². The Morgan fingerprint density at radius 2 is 1.86 bits per heavy atom. The first kappa shape index (κ1) is 18.5. The molecule has 1 amide bonds. The molecule has 0 saturated carbocycles. The van der Waals surface area contributed by atoms with Gasteiger partial charge in [-0.2, -0.15) is 0 Å². The van der Waals surface area contributed by atoms with Gasteiger partial charge in [-0.1, -0.05) is 12.1 Å². The van der Waals surface area contributed by atoms with E-state index in [0.717, 1.165) is 9.75 Å². The second-order valence-electron chi connectivity index (χ2n) is 6.02. The quantitative estimate of drug-likeness (QED) is 0.454. The molecule has 5 nitrogen and oxygen atoms in total. The van der Waals surface area contributed by atoms with E-state index in [1.165, 1.54) is 23.5 Å². The van der Waals surface area contributed by atoms with E-state index < -0.39 is 0 Å². The van der Waals surface area contributed by atoms with E-state index in [1.54, 1.807) is 33.1 Å². The summed E-state index contributed by atoms with van der Waals surface area (Å²) >= 11 is 3.12. The Morgan fingerprint density at radius 3 is 2.50 bits per heavy atom. The van der Waals surface area contributed by atoms with Crippen molar-refractivity contribution in [2.45, 2.75) is 13.5 Å². The van der Waals surface area contributed by atoms with Gasteiger partial charge >= 0.3 is 0 Å². The SMILES string of the molecule is CCN(Cc1cccs1)C(=O)c1nc(-c2cccs2)n(-c2ccc(F)cc2)n1. The smallest absolute Gasteiger partial charge is 0.293 e. The number of rotatable bonds is 6. The number of amides is 1. The van der Waals surface area contributed by atoms with E-state index in [-0.39, 0.29) is 17.5 Å². The number of thiophene rings is 2. The van der Waals surface area contributed by atoms with E-state index in [1.807, 2.05) is 41.9 Å². The summed E-state index contributed by atoms with van der Waals surface area (Å²) in [4.78, 5) is 21.3. The molecule has 4 rings (SSSR count). The number of carbonyl (C=O) groups excluding carboxylic acids is 1. The molecule has 4 aromatic rings.